The highest BCUT2D eigenvalue weighted by atomic mass is 32.2. The first kappa shape index (κ1) is 24.3. The number of nitrogens with zero attached hydrogens (tertiary/aromatic N) is 3. The van der Waals surface area contributed by atoms with Crippen LogP contribution >= 0.6 is 0 Å². The molecule has 5 nitrogen and oxygen atoms in total. The second-order valence-electron chi connectivity index (χ2n) is 10.4. The lowest BCUT2D eigenvalue weighted by Gasteiger charge is -2.35. The maximum atomic E-state index is 13.9. The molecule has 2 aliphatic rings. The Hall–Kier alpha value is -3.06. The van der Waals surface area contributed by atoms with E-state index in [0.29, 0.717) is 29.4 Å². The standard InChI is InChI=1S/C31H33N3O2S/c35-37(36,30-15-7-13-27-14-8-18-32-31(27)30)34-22-28(29(23-34)26-11-5-2-6-12-26)21-33-19-16-25(17-20-33)24-9-3-1-4-10-24/h1-15,18,25,28-29H,16-17,19-23H2/t28?,29-/m1/s1. The van der Waals surface area contributed by atoms with E-state index in [1.807, 2.05) is 30.3 Å². The molecule has 190 valence electrons. The normalized spacial score (nSPS) is 21.9. The molecule has 1 unspecified atom stereocenters. The second-order valence-corrected chi connectivity index (χ2v) is 12.3. The topological polar surface area (TPSA) is 53.5 Å². The zero-order valence-corrected chi connectivity index (χ0v) is 21.8. The average Bonchev–Trinajstić information content (AvgIpc) is 3.39. The molecule has 2 aliphatic heterocycles. The molecule has 6 rings (SSSR count). The third-order valence-electron chi connectivity index (χ3n) is 8.20. The number of aromatic nitrogens is 1. The summed E-state index contributed by atoms with van der Waals surface area (Å²) in [4.78, 5) is 7.29. The van der Waals surface area contributed by atoms with Crippen LogP contribution in [0.5, 0.6) is 0 Å². The summed E-state index contributed by atoms with van der Waals surface area (Å²) in [5, 5.41) is 0.847. The van der Waals surface area contributed by atoms with E-state index >= 15 is 0 Å². The smallest absolute Gasteiger partial charge is 0.245 e. The zero-order valence-electron chi connectivity index (χ0n) is 21.0. The summed E-state index contributed by atoms with van der Waals surface area (Å²) in [6, 6.07) is 30.5. The second kappa shape index (κ2) is 10.4. The Morgan fingerprint density at radius 2 is 1.43 bits per heavy atom. The Kier molecular flexibility index (Phi) is 6.80. The lowest BCUT2D eigenvalue weighted by Crippen LogP contribution is -2.38. The molecule has 0 radical (unpaired) electrons. The lowest BCUT2D eigenvalue weighted by atomic mass is 9.86. The molecular weight excluding hydrogens is 478 g/mol. The van der Waals surface area contributed by atoms with Crippen molar-refractivity contribution in [3.63, 3.8) is 0 Å². The number of piperidine rings is 1. The van der Waals surface area contributed by atoms with Crippen LogP contribution in [0, 0.1) is 5.92 Å². The molecule has 0 spiro atoms. The lowest BCUT2D eigenvalue weighted by molar-refractivity contribution is 0.180. The average molecular weight is 512 g/mol. The van der Waals surface area contributed by atoms with E-state index in [4.69, 9.17) is 0 Å². The molecule has 6 heteroatoms. The predicted octanol–water partition coefficient (Wildman–Crippen LogP) is 5.52. The molecule has 0 saturated carbocycles. The van der Waals surface area contributed by atoms with Gasteiger partial charge in [0.25, 0.3) is 0 Å². The molecule has 1 aromatic heterocycles. The summed E-state index contributed by atoms with van der Waals surface area (Å²) in [5.74, 6) is 1.03. The van der Waals surface area contributed by atoms with Gasteiger partial charge in [-0.1, -0.05) is 78.9 Å². The van der Waals surface area contributed by atoms with E-state index in [0.717, 1.165) is 37.9 Å². The van der Waals surface area contributed by atoms with Crippen LogP contribution in [-0.2, 0) is 10.0 Å². The minimum Gasteiger partial charge on any atom is -0.303 e. The molecule has 0 N–H and O–H groups in total. The highest BCUT2D eigenvalue weighted by molar-refractivity contribution is 7.89. The molecule has 0 bridgehead atoms. The largest absolute Gasteiger partial charge is 0.303 e. The van der Waals surface area contributed by atoms with Crippen molar-refractivity contribution in [2.24, 2.45) is 5.92 Å². The van der Waals surface area contributed by atoms with Crippen molar-refractivity contribution in [2.75, 3.05) is 32.7 Å². The minimum atomic E-state index is -3.67. The first-order valence-corrected chi connectivity index (χ1v) is 14.7. The van der Waals surface area contributed by atoms with E-state index < -0.39 is 10.0 Å². The molecule has 2 atom stereocenters. The van der Waals surface area contributed by atoms with Crippen LogP contribution in [0.15, 0.2) is 102 Å². The van der Waals surface area contributed by atoms with Crippen LogP contribution in [0.2, 0.25) is 0 Å². The monoisotopic (exact) mass is 511 g/mol. The van der Waals surface area contributed by atoms with Crippen molar-refractivity contribution in [1.29, 1.82) is 0 Å². The number of fused-ring (bicyclic) bond motifs is 1. The highest BCUT2D eigenvalue weighted by Gasteiger charge is 2.41. The van der Waals surface area contributed by atoms with Gasteiger partial charge in [0.15, 0.2) is 0 Å². The van der Waals surface area contributed by atoms with Gasteiger partial charge in [-0.15, -0.1) is 0 Å². The van der Waals surface area contributed by atoms with Crippen LogP contribution in [0.25, 0.3) is 10.9 Å². The van der Waals surface area contributed by atoms with Gasteiger partial charge in [0.2, 0.25) is 10.0 Å². The van der Waals surface area contributed by atoms with E-state index in [1.54, 1.807) is 16.6 Å². The molecule has 2 fully saturated rings. The number of sulfonamides is 1. The van der Waals surface area contributed by atoms with Gasteiger partial charge in [0, 0.05) is 37.1 Å². The number of pyridine rings is 1. The molecule has 3 aromatic carbocycles. The van der Waals surface area contributed by atoms with Crippen molar-refractivity contribution in [3.05, 3.63) is 108 Å². The number of benzene rings is 3. The number of hydrogen-bond acceptors (Lipinski definition) is 4. The fourth-order valence-electron chi connectivity index (χ4n) is 6.22. The Bertz CT molecular complexity index is 1450. The minimum absolute atomic E-state index is 0.172. The van der Waals surface area contributed by atoms with Crippen molar-refractivity contribution in [3.8, 4) is 0 Å². The quantitative estimate of drug-likeness (QED) is 0.342. The van der Waals surface area contributed by atoms with Crippen molar-refractivity contribution < 1.29 is 8.42 Å². The van der Waals surface area contributed by atoms with E-state index in [-0.39, 0.29) is 11.8 Å². The maximum Gasteiger partial charge on any atom is 0.245 e. The Morgan fingerprint density at radius 3 is 2.16 bits per heavy atom. The van der Waals surface area contributed by atoms with Crippen LogP contribution in [0.4, 0.5) is 0 Å². The van der Waals surface area contributed by atoms with Crippen molar-refractivity contribution >= 4 is 20.9 Å². The van der Waals surface area contributed by atoms with E-state index in [2.05, 4.69) is 64.5 Å². The molecule has 0 amide bonds. The summed E-state index contributed by atoms with van der Waals surface area (Å²) in [5.41, 5.74) is 3.21. The van der Waals surface area contributed by atoms with Gasteiger partial charge in [-0.25, -0.2) is 8.42 Å². The van der Waals surface area contributed by atoms with Crippen LogP contribution in [0.3, 0.4) is 0 Å². The molecule has 4 aromatic rings. The van der Waals surface area contributed by atoms with Crippen LogP contribution in [-0.4, -0.2) is 55.3 Å². The van der Waals surface area contributed by atoms with Gasteiger partial charge in [-0.3, -0.25) is 4.98 Å². The van der Waals surface area contributed by atoms with Gasteiger partial charge in [0.1, 0.15) is 4.90 Å². The summed E-state index contributed by atoms with van der Waals surface area (Å²) < 4.78 is 29.6. The fraction of sp³-hybridized carbons (Fsp3) is 0.323. The Balaban J connectivity index is 1.23. The van der Waals surface area contributed by atoms with Crippen molar-refractivity contribution in [1.82, 2.24) is 14.2 Å². The summed E-state index contributed by atoms with van der Waals surface area (Å²) in [7, 11) is -3.67. The number of para-hydroxylation sites is 1. The zero-order chi connectivity index (χ0) is 25.2. The molecule has 0 aliphatic carbocycles. The van der Waals surface area contributed by atoms with Gasteiger partial charge in [-0.05, 0) is 61.0 Å². The number of hydrogen-bond donors (Lipinski definition) is 0. The third-order valence-corrected chi connectivity index (χ3v) is 10.1. The van der Waals surface area contributed by atoms with Crippen molar-refractivity contribution in [2.45, 2.75) is 29.6 Å². The van der Waals surface area contributed by atoms with Gasteiger partial charge < -0.3 is 4.90 Å². The predicted molar refractivity (Wildman–Crippen MR) is 148 cm³/mol. The molecule has 3 heterocycles. The molecule has 2 saturated heterocycles. The van der Waals surface area contributed by atoms with E-state index in [9.17, 15) is 8.42 Å². The van der Waals surface area contributed by atoms with Gasteiger partial charge in [-0.2, -0.15) is 4.31 Å². The first-order valence-electron chi connectivity index (χ1n) is 13.3. The Labute approximate surface area is 219 Å². The highest BCUT2D eigenvalue weighted by Crippen LogP contribution is 2.38. The number of rotatable bonds is 6. The summed E-state index contributed by atoms with van der Waals surface area (Å²) in [6.45, 7) is 4.06. The first-order chi connectivity index (χ1) is 18.1. The third kappa shape index (κ3) is 4.93. The summed E-state index contributed by atoms with van der Waals surface area (Å²) >= 11 is 0. The number of likely N-dealkylation sites (tertiary alicyclic amines) is 1. The molecule has 37 heavy (non-hydrogen) atoms. The van der Waals surface area contributed by atoms with E-state index in [1.165, 1.54) is 11.1 Å². The SMILES string of the molecule is O=S(=O)(c1cccc2cccnc12)N1CC(CN2CCC(c3ccccc3)CC2)[C@@H](c2ccccc2)C1. The Morgan fingerprint density at radius 1 is 0.757 bits per heavy atom. The van der Waals surface area contributed by atoms with Crippen LogP contribution in [0.1, 0.15) is 35.8 Å². The summed E-state index contributed by atoms with van der Waals surface area (Å²) in [6.07, 6.45) is 3.97. The molecular formula is C31H33N3O2S. The fourth-order valence-corrected chi connectivity index (χ4v) is 7.91. The maximum absolute atomic E-state index is 13.9. The van der Waals surface area contributed by atoms with Crippen LogP contribution < -0.4 is 0 Å². The van der Waals surface area contributed by atoms with Gasteiger partial charge >= 0.3 is 0 Å². The van der Waals surface area contributed by atoms with Gasteiger partial charge in [0.05, 0.1) is 5.52 Å².